The summed E-state index contributed by atoms with van der Waals surface area (Å²) >= 11 is 0. The second-order valence-corrected chi connectivity index (χ2v) is 5.47. The highest BCUT2D eigenvalue weighted by atomic mass is 16.4. The molecule has 0 bridgehead atoms. The number of aryl methyl sites for hydroxylation is 1. The van der Waals surface area contributed by atoms with Gasteiger partial charge in [-0.15, -0.1) is 0 Å². The Morgan fingerprint density at radius 1 is 1.32 bits per heavy atom. The van der Waals surface area contributed by atoms with Crippen LogP contribution in [0.3, 0.4) is 0 Å². The van der Waals surface area contributed by atoms with E-state index in [1.165, 1.54) is 6.92 Å². The molecule has 22 heavy (non-hydrogen) atoms. The number of aliphatic carboxylic acids is 1. The Labute approximate surface area is 129 Å². The number of anilines is 1. The number of fused-ring (bicyclic) bond motifs is 1. The molecule has 0 aromatic heterocycles. The Kier molecular flexibility index (Phi) is 5.14. The predicted octanol–water partition coefficient (Wildman–Crippen LogP) is 1.19. The first-order valence-corrected chi connectivity index (χ1v) is 7.37. The summed E-state index contributed by atoms with van der Waals surface area (Å²) in [6, 6.07) is 7.69. The van der Waals surface area contributed by atoms with Crippen molar-refractivity contribution in [2.24, 2.45) is 5.92 Å². The summed E-state index contributed by atoms with van der Waals surface area (Å²) < 4.78 is 0. The van der Waals surface area contributed by atoms with E-state index in [0.29, 0.717) is 13.0 Å². The van der Waals surface area contributed by atoms with Crippen molar-refractivity contribution >= 4 is 23.5 Å². The van der Waals surface area contributed by atoms with Gasteiger partial charge < -0.3 is 15.3 Å². The van der Waals surface area contributed by atoms with E-state index in [1.54, 1.807) is 4.90 Å². The fraction of sp³-hybridized carbons (Fsp3) is 0.438. The van der Waals surface area contributed by atoms with Crippen LogP contribution in [0.1, 0.15) is 25.3 Å². The van der Waals surface area contributed by atoms with E-state index in [0.717, 1.165) is 17.7 Å². The van der Waals surface area contributed by atoms with Crippen LogP contribution in [-0.4, -0.2) is 36.0 Å². The third-order valence-electron chi connectivity index (χ3n) is 3.78. The van der Waals surface area contributed by atoms with Crippen molar-refractivity contribution in [1.82, 2.24) is 5.32 Å². The minimum Gasteiger partial charge on any atom is -0.481 e. The van der Waals surface area contributed by atoms with Crippen LogP contribution < -0.4 is 10.2 Å². The standard InChI is InChI=1S/C16H20N2O4/c1-11(16(21)22)10-17-14(19)8-9-18-13-5-3-2-4-12(13)6-7-15(18)20/h2-5,11H,6-10H2,1H3,(H,17,19)(H,21,22). The summed E-state index contributed by atoms with van der Waals surface area (Å²) in [4.78, 5) is 36.2. The minimum atomic E-state index is -0.944. The SMILES string of the molecule is CC(CNC(=O)CCN1C(=O)CCc2ccccc21)C(=O)O. The molecule has 0 saturated carbocycles. The fourth-order valence-electron chi connectivity index (χ4n) is 2.40. The molecule has 0 aliphatic carbocycles. The van der Waals surface area contributed by atoms with Gasteiger partial charge >= 0.3 is 5.97 Å². The first-order chi connectivity index (χ1) is 10.5. The van der Waals surface area contributed by atoms with E-state index in [4.69, 9.17) is 5.11 Å². The molecule has 0 spiro atoms. The lowest BCUT2D eigenvalue weighted by molar-refractivity contribution is -0.141. The molecule has 118 valence electrons. The van der Waals surface area contributed by atoms with Crippen molar-refractivity contribution in [1.29, 1.82) is 0 Å². The second kappa shape index (κ2) is 7.06. The Hall–Kier alpha value is -2.37. The molecule has 2 N–H and O–H groups in total. The highest BCUT2D eigenvalue weighted by Crippen LogP contribution is 2.27. The van der Waals surface area contributed by atoms with E-state index in [-0.39, 0.29) is 24.8 Å². The quantitative estimate of drug-likeness (QED) is 0.826. The molecular formula is C16H20N2O4. The van der Waals surface area contributed by atoms with Crippen LogP contribution in [0, 0.1) is 5.92 Å². The number of para-hydroxylation sites is 1. The summed E-state index contributed by atoms with van der Waals surface area (Å²) in [7, 11) is 0. The summed E-state index contributed by atoms with van der Waals surface area (Å²) in [6.07, 6.45) is 1.34. The highest BCUT2D eigenvalue weighted by Gasteiger charge is 2.24. The van der Waals surface area contributed by atoms with Crippen LogP contribution in [0.15, 0.2) is 24.3 Å². The van der Waals surface area contributed by atoms with Crippen LogP contribution >= 0.6 is 0 Å². The monoisotopic (exact) mass is 304 g/mol. The van der Waals surface area contributed by atoms with Crippen molar-refractivity contribution < 1.29 is 19.5 Å². The van der Waals surface area contributed by atoms with Crippen LogP contribution in [0.4, 0.5) is 5.69 Å². The molecule has 1 aliphatic rings. The zero-order chi connectivity index (χ0) is 16.1. The van der Waals surface area contributed by atoms with Crippen LogP contribution in [-0.2, 0) is 20.8 Å². The number of nitrogens with one attached hydrogen (secondary N) is 1. The van der Waals surface area contributed by atoms with Gasteiger partial charge in [-0.2, -0.15) is 0 Å². The number of carbonyl (C=O) groups excluding carboxylic acids is 2. The van der Waals surface area contributed by atoms with Gasteiger partial charge in [0.15, 0.2) is 0 Å². The average Bonchev–Trinajstić information content (AvgIpc) is 2.51. The van der Waals surface area contributed by atoms with Gasteiger partial charge in [0.05, 0.1) is 5.92 Å². The van der Waals surface area contributed by atoms with Crippen molar-refractivity contribution in [3.8, 4) is 0 Å². The topological polar surface area (TPSA) is 86.7 Å². The van der Waals surface area contributed by atoms with Crippen molar-refractivity contribution in [2.45, 2.75) is 26.2 Å². The number of nitrogens with zero attached hydrogens (tertiary/aromatic N) is 1. The lowest BCUT2D eigenvalue weighted by Crippen LogP contribution is -2.39. The number of carboxylic acid groups (broad SMARTS) is 1. The number of carboxylic acids is 1. The number of hydrogen-bond acceptors (Lipinski definition) is 3. The average molecular weight is 304 g/mol. The van der Waals surface area contributed by atoms with Gasteiger partial charge in [0, 0.05) is 31.6 Å². The predicted molar refractivity (Wildman–Crippen MR) is 81.5 cm³/mol. The maximum absolute atomic E-state index is 12.0. The van der Waals surface area contributed by atoms with E-state index < -0.39 is 11.9 Å². The molecule has 1 aromatic carbocycles. The summed E-state index contributed by atoms with van der Waals surface area (Å²) in [5, 5.41) is 11.4. The van der Waals surface area contributed by atoms with Crippen LogP contribution in [0.25, 0.3) is 0 Å². The summed E-state index contributed by atoms with van der Waals surface area (Å²) in [5.74, 6) is -1.80. The molecule has 1 aromatic rings. The normalized spacial score (nSPS) is 15.1. The van der Waals surface area contributed by atoms with Crippen molar-refractivity contribution in [2.75, 3.05) is 18.0 Å². The van der Waals surface area contributed by atoms with Crippen LogP contribution in [0.5, 0.6) is 0 Å². The van der Waals surface area contributed by atoms with Gasteiger partial charge in [-0.3, -0.25) is 14.4 Å². The molecule has 2 amide bonds. The van der Waals surface area contributed by atoms with Crippen LogP contribution in [0.2, 0.25) is 0 Å². The third-order valence-corrected chi connectivity index (χ3v) is 3.78. The van der Waals surface area contributed by atoms with Gasteiger partial charge in [-0.1, -0.05) is 25.1 Å². The largest absolute Gasteiger partial charge is 0.481 e. The minimum absolute atomic E-state index is 0.0189. The van der Waals surface area contributed by atoms with E-state index in [2.05, 4.69) is 5.32 Å². The number of hydrogen-bond donors (Lipinski definition) is 2. The summed E-state index contributed by atoms with van der Waals surface area (Å²) in [5.41, 5.74) is 1.98. The Balaban J connectivity index is 1.90. The van der Waals surface area contributed by atoms with E-state index in [9.17, 15) is 14.4 Å². The Morgan fingerprint density at radius 2 is 2.05 bits per heavy atom. The lowest BCUT2D eigenvalue weighted by atomic mass is 10.0. The van der Waals surface area contributed by atoms with Crippen molar-refractivity contribution in [3.05, 3.63) is 29.8 Å². The zero-order valence-corrected chi connectivity index (χ0v) is 12.5. The molecule has 0 saturated heterocycles. The first-order valence-electron chi connectivity index (χ1n) is 7.37. The van der Waals surface area contributed by atoms with Gasteiger partial charge in [0.2, 0.25) is 11.8 Å². The molecule has 1 atom stereocenters. The number of rotatable bonds is 6. The number of benzene rings is 1. The molecule has 1 aliphatic heterocycles. The first kappa shape index (κ1) is 16.0. The van der Waals surface area contributed by atoms with Gasteiger partial charge in [-0.25, -0.2) is 0 Å². The van der Waals surface area contributed by atoms with E-state index in [1.807, 2.05) is 24.3 Å². The molecular weight excluding hydrogens is 284 g/mol. The molecule has 6 heteroatoms. The van der Waals surface area contributed by atoms with Gasteiger partial charge in [0.25, 0.3) is 0 Å². The maximum Gasteiger partial charge on any atom is 0.308 e. The highest BCUT2D eigenvalue weighted by molar-refractivity contribution is 5.97. The second-order valence-electron chi connectivity index (χ2n) is 5.47. The van der Waals surface area contributed by atoms with E-state index >= 15 is 0 Å². The number of carbonyl (C=O) groups is 3. The molecule has 2 rings (SSSR count). The molecule has 1 unspecified atom stereocenters. The Bertz CT molecular complexity index is 585. The Morgan fingerprint density at radius 3 is 2.77 bits per heavy atom. The molecule has 0 radical (unpaired) electrons. The lowest BCUT2D eigenvalue weighted by Gasteiger charge is -2.29. The fourth-order valence-corrected chi connectivity index (χ4v) is 2.40. The number of amides is 2. The molecule has 1 heterocycles. The maximum atomic E-state index is 12.0. The van der Waals surface area contributed by atoms with Crippen molar-refractivity contribution in [3.63, 3.8) is 0 Å². The van der Waals surface area contributed by atoms with Gasteiger partial charge in [0.1, 0.15) is 0 Å². The molecule has 0 fully saturated rings. The van der Waals surface area contributed by atoms with Gasteiger partial charge in [-0.05, 0) is 18.1 Å². The smallest absolute Gasteiger partial charge is 0.308 e. The third kappa shape index (κ3) is 3.84. The zero-order valence-electron chi connectivity index (χ0n) is 12.5. The molecule has 6 nitrogen and oxygen atoms in total. The summed E-state index contributed by atoms with van der Waals surface area (Å²) in [6.45, 7) is 1.94.